The van der Waals surface area contributed by atoms with Crippen LogP contribution in [0.2, 0.25) is 0 Å². The fourth-order valence-corrected chi connectivity index (χ4v) is 4.63. The molecule has 4 heterocycles. The molecule has 34 heavy (non-hydrogen) atoms. The third-order valence-electron chi connectivity index (χ3n) is 6.12. The molecule has 1 aromatic carbocycles. The van der Waals surface area contributed by atoms with Crippen molar-refractivity contribution in [1.29, 1.82) is 0 Å². The van der Waals surface area contributed by atoms with E-state index in [4.69, 9.17) is 26.1 Å². The van der Waals surface area contributed by atoms with Gasteiger partial charge in [0.1, 0.15) is 24.0 Å². The van der Waals surface area contributed by atoms with Gasteiger partial charge in [0, 0.05) is 37.9 Å². The molecule has 0 bridgehead atoms. The molecule has 182 valence electrons. The molecule has 4 aliphatic rings. The minimum absolute atomic E-state index is 0.0516. The Labute approximate surface area is 202 Å². The molecule has 2 fully saturated rings. The second-order valence-corrected chi connectivity index (χ2v) is 8.70. The molecule has 0 saturated carbocycles. The summed E-state index contributed by atoms with van der Waals surface area (Å²) in [6.07, 6.45) is 0.830. The Morgan fingerprint density at radius 2 is 2.15 bits per heavy atom. The van der Waals surface area contributed by atoms with Crippen molar-refractivity contribution in [3.05, 3.63) is 46.4 Å². The molecule has 1 aromatic rings. The number of methoxy groups -OCH3 is 1. The summed E-state index contributed by atoms with van der Waals surface area (Å²) in [5.41, 5.74) is 2.04. The van der Waals surface area contributed by atoms with Crippen LogP contribution in [0.25, 0.3) is 0 Å². The summed E-state index contributed by atoms with van der Waals surface area (Å²) >= 11 is 6.45. The topological polar surface area (TPSA) is 123 Å². The number of amides is 1. The lowest BCUT2D eigenvalue weighted by molar-refractivity contribution is 0.0302. The maximum absolute atomic E-state index is 12.9. The number of carbonyl (C=O) groups excluding carboxylic acids is 1. The fourth-order valence-electron chi connectivity index (χ4n) is 4.37. The number of rotatable bonds is 4. The first-order valence-electron chi connectivity index (χ1n) is 11.2. The van der Waals surface area contributed by atoms with Crippen molar-refractivity contribution < 1.29 is 19.4 Å². The van der Waals surface area contributed by atoms with E-state index < -0.39 is 6.23 Å². The van der Waals surface area contributed by atoms with E-state index in [-0.39, 0.29) is 12.1 Å². The number of anilines is 1. The van der Waals surface area contributed by atoms with Gasteiger partial charge >= 0.3 is 0 Å². The van der Waals surface area contributed by atoms with E-state index in [9.17, 15) is 9.90 Å². The number of aliphatic hydroxyl groups is 1. The SMILES string of the molecule is COc1cc(C(=O)N2CCOCC2)ccc1NC1=NC(N2CCNC(O)C2)=C2C(Cl)=CNC2N1. The van der Waals surface area contributed by atoms with E-state index in [1.807, 2.05) is 4.90 Å². The maximum atomic E-state index is 12.9. The maximum Gasteiger partial charge on any atom is 0.254 e. The number of nitrogens with zero attached hydrogens (tertiary/aromatic N) is 3. The first kappa shape index (κ1) is 22.8. The molecule has 0 spiro atoms. The molecule has 2 saturated heterocycles. The second-order valence-electron chi connectivity index (χ2n) is 8.29. The minimum Gasteiger partial charge on any atom is -0.495 e. The molecule has 2 atom stereocenters. The smallest absolute Gasteiger partial charge is 0.254 e. The Bertz CT molecular complexity index is 1050. The van der Waals surface area contributed by atoms with Gasteiger partial charge in [0.25, 0.3) is 5.91 Å². The summed E-state index contributed by atoms with van der Waals surface area (Å²) in [6.45, 7) is 3.96. The van der Waals surface area contributed by atoms with Crippen LogP contribution in [-0.2, 0) is 4.74 Å². The summed E-state index contributed by atoms with van der Waals surface area (Å²) in [5.74, 6) is 1.66. The Kier molecular flexibility index (Phi) is 6.50. The first-order valence-corrected chi connectivity index (χ1v) is 11.6. The third kappa shape index (κ3) is 4.51. The number of piperazine rings is 1. The lowest BCUT2D eigenvalue weighted by Crippen LogP contribution is -2.53. The van der Waals surface area contributed by atoms with Crippen molar-refractivity contribution in [2.24, 2.45) is 4.99 Å². The van der Waals surface area contributed by atoms with Crippen molar-refractivity contribution in [2.45, 2.75) is 12.4 Å². The number of guanidine groups is 1. The average Bonchev–Trinajstić information content (AvgIpc) is 3.24. The lowest BCUT2D eigenvalue weighted by atomic mass is 10.1. The van der Waals surface area contributed by atoms with E-state index >= 15 is 0 Å². The predicted molar refractivity (Wildman–Crippen MR) is 127 cm³/mol. The first-order chi connectivity index (χ1) is 16.5. The summed E-state index contributed by atoms with van der Waals surface area (Å²) in [7, 11) is 1.56. The molecule has 1 amide bonds. The Hall–Kier alpha value is -2.99. The number of halogens is 1. The van der Waals surface area contributed by atoms with Gasteiger partial charge in [0.05, 0.1) is 43.2 Å². The Morgan fingerprint density at radius 3 is 2.91 bits per heavy atom. The van der Waals surface area contributed by atoms with Crippen molar-refractivity contribution in [3.8, 4) is 5.75 Å². The van der Waals surface area contributed by atoms with Gasteiger partial charge in [-0.3, -0.25) is 10.1 Å². The lowest BCUT2D eigenvalue weighted by Gasteiger charge is -2.36. The van der Waals surface area contributed by atoms with Gasteiger partial charge in [-0.1, -0.05) is 11.6 Å². The van der Waals surface area contributed by atoms with Crippen LogP contribution >= 0.6 is 11.6 Å². The van der Waals surface area contributed by atoms with E-state index in [1.165, 1.54) is 0 Å². The van der Waals surface area contributed by atoms with Gasteiger partial charge in [-0.2, -0.15) is 4.99 Å². The molecule has 5 N–H and O–H groups in total. The summed E-state index contributed by atoms with van der Waals surface area (Å²) in [6, 6.07) is 5.30. The monoisotopic (exact) mass is 489 g/mol. The van der Waals surface area contributed by atoms with E-state index in [2.05, 4.69) is 21.3 Å². The van der Waals surface area contributed by atoms with Gasteiger partial charge in [0.2, 0.25) is 5.96 Å². The van der Waals surface area contributed by atoms with Gasteiger partial charge < -0.3 is 40.3 Å². The van der Waals surface area contributed by atoms with Crippen LogP contribution in [0, 0.1) is 0 Å². The summed E-state index contributed by atoms with van der Waals surface area (Å²) in [4.78, 5) is 21.4. The third-order valence-corrected chi connectivity index (χ3v) is 6.43. The fraction of sp³-hybridized carbons (Fsp3) is 0.455. The number of ether oxygens (including phenoxy) is 2. The highest BCUT2D eigenvalue weighted by Crippen LogP contribution is 2.32. The molecule has 0 aliphatic carbocycles. The molecule has 0 radical (unpaired) electrons. The second kappa shape index (κ2) is 9.71. The predicted octanol–water partition coefficient (Wildman–Crippen LogP) is -0.0166. The Morgan fingerprint density at radius 1 is 1.32 bits per heavy atom. The van der Waals surface area contributed by atoms with Crippen molar-refractivity contribution in [3.63, 3.8) is 0 Å². The molecule has 4 aliphatic heterocycles. The minimum atomic E-state index is -0.643. The highest BCUT2D eigenvalue weighted by atomic mass is 35.5. The zero-order valence-corrected chi connectivity index (χ0v) is 19.6. The van der Waals surface area contributed by atoms with E-state index in [0.29, 0.717) is 79.8 Å². The highest BCUT2D eigenvalue weighted by molar-refractivity contribution is 6.32. The number of β-amino-alcohol motifs (C(OH)–C–C–N with tert-alkyl or cyclic N) is 1. The number of aliphatic hydroxyl groups excluding tert-OH is 1. The molecule has 5 rings (SSSR count). The number of benzene rings is 1. The number of nitrogens with one attached hydrogen (secondary N) is 4. The standard InChI is InChI=1S/C22H28ClN7O4/c1-33-16-10-13(21(32)29-6-8-34-9-7-29)2-3-15(16)26-22-27-19-18(14(23)11-25-19)20(28-22)30-5-4-24-17(31)12-30/h2-3,10-11,17,19,24-25,31H,4-9,12H2,1H3,(H2,26,27,28). The van der Waals surface area contributed by atoms with Crippen LogP contribution < -0.4 is 26.0 Å². The van der Waals surface area contributed by atoms with Gasteiger partial charge in [-0.05, 0) is 18.2 Å². The number of hydrogen-bond acceptors (Lipinski definition) is 10. The summed E-state index contributed by atoms with van der Waals surface area (Å²) < 4.78 is 10.9. The Balaban J connectivity index is 1.39. The summed E-state index contributed by atoms with van der Waals surface area (Å²) in [5, 5.41) is 23.5. The van der Waals surface area contributed by atoms with Crippen LogP contribution in [0.1, 0.15) is 10.4 Å². The number of hydrogen-bond donors (Lipinski definition) is 5. The van der Waals surface area contributed by atoms with Crippen molar-refractivity contribution in [2.75, 3.05) is 58.4 Å². The number of morpholine rings is 1. The average molecular weight is 490 g/mol. The molecular weight excluding hydrogens is 462 g/mol. The largest absolute Gasteiger partial charge is 0.495 e. The van der Waals surface area contributed by atoms with Crippen LogP contribution in [0.15, 0.2) is 45.8 Å². The van der Waals surface area contributed by atoms with Crippen LogP contribution in [0.4, 0.5) is 5.69 Å². The zero-order chi connectivity index (χ0) is 23.7. The van der Waals surface area contributed by atoms with Crippen molar-refractivity contribution >= 4 is 29.2 Å². The molecule has 11 nitrogen and oxygen atoms in total. The highest BCUT2D eigenvalue weighted by Gasteiger charge is 2.34. The molecule has 2 unspecified atom stereocenters. The normalized spacial score (nSPS) is 24.6. The molecule has 12 heteroatoms. The van der Waals surface area contributed by atoms with Gasteiger partial charge in [-0.25, -0.2) is 0 Å². The number of aliphatic imine (C=N–C) groups is 1. The van der Waals surface area contributed by atoms with Crippen LogP contribution in [-0.4, -0.2) is 92.2 Å². The van der Waals surface area contributed by atoms with Crippen LogP contribution in [0.5, 0.6) is 5.75 Å². The quantitative estimate of drug-likeness (QED) is 0.397. The van der Waals surface area contributed by atoms with Crippen LogP contribution in [0.3, 0.4) is 0 Å². The number of carbonyl (C=O) groups is 1. The number of fused-ring (bicyclic) bond motifs is 1. The van der Waals surface area contributed by atoms with E-state index in [0.717, 1.165) is 5.57 Å². The van der Waals surface area contributed by atoms with Gasteiger partial charge in [0.15, 0.2) is 0 Å². The van der Waals surface area contributed by atoms with E-state index in [1.54, 1.807) is 36.4 Å². The van der Waals surface area contributed by atoms with Gasteiger partial charge in [-0.15, -0.1) is 0 Å². The molecule has 0 aromatic heterocycles. The molecular formula is C22H28ClN7O4. The van der Waals surface area contributed by atoms with Crippen molar-refractivity contribution in [1.82, 2.24) is 25.8 Å². The zero-order valence-electron chi connectivity index (χ0n) is 18.8.